The Morgan fingerprint density at radius 2 is 1.00 bits per heavy atom. The van der Waals surface area contributed by atoms with Gasteiger partial charge in [-0.2, -0.15) is 27.0 Å². The molecule has 108 heavy (non-hydrogen) atoms. The summed E-state index contributed by atoms with van der Waals surface area (Å²) < 4.78 is 35.7. The van der Waals surface area contributed by atoms with Crippen molar-refractivity contribution in [1.82, 2.24) is 25.1 Å². The number of piperidine rings is 2. The smallest absolute Gasteiger partial charge is 0.449 e. The molecule has 5 aromatic carbocycles. The number of carbonyl (C=O) groups excluding carboxylic acids is 4. The van der Waals surface area contributed by atoms with E-state index < -0.39 is 27.5 Å². The molecule has 23 nitrogen and oxygen atoms in total. The number of aryl methyl sites for hydroxylation is 4. The Balaban J connectivity index is 0.000000333. The zero-order valence-electron chi connectivity index (χ0n) is 59.1. The number of rotatable bonds is 20. The van der Waals surface area contributed by atoms with Gasteiger partial charge in [-0.05, 0) is 172 Å². The predicted octanol–water partition coefficient (Wildman–Crippen LogP) is 18.6. The number of ether oxygens (including phenoxy) is 5. The van der Waals surface area contributed by atoms with Gasteiger partial charge < -0.3 is 49.0 Å². The van der Waals surface area contributed by atoms with Crippen molar-refractivity contribution in [3.63, 3.8) is 0 Å². The van der Waals surface area contributed by atoms with Crippen molar-refractivity contribution >= 4 is 172 Å². The quantitative estimate of drug-likeness (QED) is 0.00735. The number of aromatic nitrogens is 2. The maximum Gasteiger partial charge on any atom is 0.513 e. The van der Waals surface area contributed by atoms with Crippen LogP contribution in [0.1, 0.15) is 89.0 Å². The summed E-state index contributed by atoms with van der Waals surface area (Å²) in [7, 11) is 8.50. The molecule has 2 atom stereocenters. The molecule has 0 spiro atoms. The van der Waals surface area contributed by atoms with E-state index >= 15 is 0 Å². The molecule has 2 aliphatic carbocycles. The van der Waals surface area contributed by atoms with Crippen molar-refractivity contribution in [2.75, 3.05) is 89.3 Å². The predicted molar refractivity (Wildman–Crippen MR) is 444 cm³/mol. The molecular formula is C73H84Cl4FN8O15PS6. The highest BCUT2D eigenvalue weighted by atomic mass is 35.5. The lowest BCUT2D eigenvalue weighted by Crippen LogP contribution is -2.37. The van der Waals surface area contributed by atoms with Crippen molar-refractivity contribution in [3.05, 3.63) is 244 Å². The maximum atomic E-state index is 12.7. The number of pyridine rings is 2. The Morgan fingerprint density at radius 3 is 1.39 bits per heavy atom. The molecule has 0 bridgehead atoms. The van der Waals surface area contributed by atoms with Crippen molar-refractivity contribution in [2.24, 2.45) is 4.97 Å². The van der Waals surface area contributed by atoms with E-state index in [0.29, 0.717) is 58.4 Å². The number of halogens is 5. The van der Waals surface area contributed by atoms with Crippen molar-refractivity contribution in [2.45, 2.75) is 70.4 Å². The molecule has 0 unspecified atom stereocenters. The van der Waals surface area contributed by atoms with Gasteiger partial charge in [0.15, 0.2) is 0 Å². The summed E-state index contributed by atoms with van der Waals surface area (Å²) in [6, 6.07) is 40.5. The fraction of sp³-hybridized carbons (Fsp3) is 0.342. The van der Waals surface area contributed by atoms with Crippen molar-refractivity contribution in [1.29, 1.82) is 0 Å². The molecule has 35 heteroatoms. The van der Waals surface area contributed by atoms with E-state index in [-0.39, 0.29) is 100 Å². The zero-order valence-corrected chi connectivity index (χ0v) is 68.3. The number of likely N-dealkylation sites (N-methyl/N-ethyl adjacent to an activating group) is 1. The molecular weight excluding hydrogens is 1610 g/mol. The van der Waals surface area contributed by atoms with Crippen LogP contribution in [-0.4, -0.2) is 159 Å². The lowest BCUT2D eigenvalue weighted by atomic mass is 9.88. The first kappa shape index (κ1) is 93.5. The Labute approximate surface area is 679 Å². The fourth-order valence-corrected chi connectivity index (χ4v) is 14.9. The van der Waals surface area contributed by atoms with Crippen LogP contribution in [0.25, 0.3) is 11.1 Å². The molecule has 0 saturated carbocycles. The topological polar surface area (TPSA) is 298 Å². The monoisotopic (exact) mass is 1690 g/mol. The number of nitro benzene ring substituents is 2. The van der Waals surface area contributed by atoms with Gasteiger partial charge in [0.1, 0.15) is 31.3 Å². The van der Waals surface area contributed by atoms with E-state index in [1.165, 1.54) is 126 Å². The number of non-ortho nitro benzene ring substituents is 2. The van der Waals surface area contributed by atoms with Crippen LogP contribution < -0.4 is 14.8 Å². The summed E-state index contributed by atoms with van der Waals surface area (Å²) in [5, 5.41) is 43.9. The van der Waals surface area contributed by atoms with E-state index in [4.69, 9.17) is 68.8 Å². The van der Waals surface area contributed by atoms with Gasteiger partial charge in [0.05, 0.1) is 33.9 Å². The highest BCUT2D eigenvalue weighted by molar-refractivity contribution is 8.77. The first-order valence-electron chi connectivity index (χ1n) is 33.2. The lowest BCUT2D eigenvalue weighted by molar-refractivity contribution is -0.385. The molecule has 11 rings (SSSR count). The summed E-state index contributed by atoms with van der Waals surface area (Å²) in [4.78, 5) is 82.3. The number of fused-ring (bicyclic) bond motifs is 4. The Kier molecular flexibility index (Phi) is 44.0. The van der Waals surface area contributed by atoms with Crippen LogP contribution in [0.15, 0.2) is 168 Å². The summed E-state index contributed by atoms with van der Waals surface area (Å²) in [6.45, 7) is 6.98. The standard InChI is InChI=1S/C31H30ClN3O7S2.C24H27ClN2O3S2.C10H15NO.C7H4ClNO4.CH3FNP.ClH.2H2S/c32-24-5-10-27-23(20-24)4-3-22-2-1-13-33-29(22)28(27)21-11-14-34(15-12-21)30(36)40-16-18-43-44-19-17-41-31(37)42-26-8-6-25(7-9-26)35(38)39;25-20-5-6-21-19(16-20)4-3-18-2-1-9-26-23(18)22(21)17-7-10-27(11-8-17)24(29)30-13-15-32-31-14-12-28;1-8(11-2)10(12)9-6-4-3-5-7-9;8-7(10)13-6-3-1-5(2-4-6)9(11)12;1-4-3-2;;;/h1-2,5-10,13,20H,3-4,11-12,14-19H2;1-2,5-6,9,16,28H,3-4,7-8,10-15H2;3-8,10-12H,1-2H3;1-4H;1H3;1H;2*1H2/t;;8-,10+;;;;;/m..0...../s1. The van der Waals surface area contributed by atoms with Gasteiger partial charge >= 0.3 is 23.8 Å². The average molecular weight is 1700 g/mol. The van der Waals surface area contributed by atoms with Crippen LogP contribution >= 0.6 is 126 Å². The minimum Gasteiger partial charge on any atom is -0.449 e. The van der Waals surface area contributed by atoms with Crippen molar-refractivity contribution < 1.29 is 67.4 Å². The number of carbonyl (C=O) groups is 4. The number of aliphatic hydroxyl groups excluding tert-OH is 2. The lowest BCUT2D eigenvalue weighted by Gasteiger charge is -2.29. The van der Waals surface area contributed by atoms with Crippen LogP contribution in [0, 0.1) is 20.2 Å². The number of aliphatic hydroxyl groups is 2. The number of likely N-dealkylation sites (tertiary alicyclic amines) is 2. The minimum absolute atomic E-state index is 0. The minimum atomic E-state index is -0.978. The average Bonchev–Trinajstić information content (AvgIpc) is 1.52. The summed E-state index contributed by atoms with van der Waals surface area (Å²) >= 11 is 17.6. The van der Waals surface area contributed by atoms with E-state index in [2.05, 4.69) is 51.4 Å². The van der Waals surface area contributed by atoms with Gasteiger partial charge in [-0.25, -0.2) is 19.2 Å². The number of benzene rings is 5. The van der Waals surface area contributed by atoms with E-state index in [9.17, 15) is 49.0 Å². The third-order valence-corrected chi connectivity index (χ3v) is 21.7. The number of nitro groups is 2. The molecule has 2 fully saturated rings. The van der Waals surface area contributed by atoms with Gasteiger partial charge in [0.2, 0.25) is 0 Å². The number of hydrogen-bond acceptors (Lipinski definition) is 23. The number of amides is 2. The maximum absolute atomic E-state index is 12.7. The van der Waals surface area contributed by atoms with Crippen molar-refractivity contribution in [3.8, 4) is 11.5 Å². The van der Waals surface area contributed by atoms with Crippen LogP contribution in [-0.2, 0) is 39.9 Å². The van der Waals surface area contributed by atoms with Gasteiger partial charge in [0, 0.05) is 133 Å². The second-order valence-corrected chi connectivity index (χ2v) is 30.2. The SMILES string of the molecule is CN[C@@H](C)[C@@H](O)c1ccccc1.CP=NF.Cl.O=C(Cl)Oc1ccc([N+](=O)[O-])cc1.O=C(OCCSSCCO)N1CCC(=C2c3ccc(Cl)cc3CCc3cccnc32)CC1.O=C(OCCSSCCOC(=O)N1CCC(=C2c3ccc(Cl)cc3CCc3cccnc32)CC1)Oc1ccc([N+](=O)[O-])cc1.S.S. The number of hydrogen-bond donors (Lipinski definition) is 3. The zero-order chi connectivity index (χ0) is 75.5. The highest BCUT2D eigenvalue weighted by Gasteiger charge is 2.30. The first-order valence-corrected chi connectivity index (χ1v) is 40.6. The second kappa shape index (κ2) is 50.8. The van der Waals surface area contributed by atoms with Gasteiger partial charge in [0.25, 0.3) is 11.4 Å². The molecule has 3 N–H and O–H groups in total. The molecule has 0 radical (unpaired) electrons. The van der Waals surface area contributed by atoms with Crippen LogP contribution in [0.4, 0.5) is 35.0 Å². The van der Waals surface area contributed by atoms with Gasteiger partial charge in [-0.15, -0.1) is 12.4 Å². The van der Waals surface area contributed by atoms with E-state index in [1.807, 2.05) is 81.0 Å². The molecule has 582 valence electrons. The largest absolute Gasteiger partial charge is 0.513 e. The summed E-state index contributed by atoms with van der Waals surface area (Å²) in [5.41, 5.74) is 14.3. The highest BCUT2D eigenvalue weighted by Crippen LogP contribution is 2.41. The van der Waals surface area contributed by atoms with Gasteiger partial charge in [-0.3, -0.25) is 30.2 Å². The molecule has 4 aliphatic rings. The second-order valence-electron chi connectivity index (χ2n) is 23.0. The Bertz CT molecular complexity index is 4120. The first-order chi connectivity index (χ1) is 50.8. The Morgan fingerprint density at radius 1 is 0.602 bits per heavy atom. The molecule has 4 heterocycles. The fourth-order valence-electron chi connectivity index (χ4n) is 11.2. The van der Waals surface area contributed by atoms with Crippen LogP contribution in [0.2, 0.25) is 10.0 Å². The Hall–Kier alpha value is -6.87. The van der Waals surface area contributed by atoms with Crippen LogP contribution in [0.3, 0.4) is 0 Å². The molecule has 2 saturated heterocycles. The normalized spacial score (nSPS) is 13.7. The van der Waals surface area contributed by atoms with Crippen LogP contribution in [0.5, 0.6) is 11.5 Å². The molecule has 2 aromatic heterocycles. The molecule has 2 aliphatic heterocycles. The number of nitrogens with one attached hydrogen (secondary N) is 1. The summed E-state index contributed by atoms with van der Waals surface area (Å²) in [6.07, 6.45) is 8.67. The third-order valence-electron chi connectivity index (χ3n) is 16.4. The summed E-state index contributed by atoms with van der Waals surface area (Å²) in [5.74, 6) is 2.86. The third kappa shape index (κ3) is 30.4. The van der Waals surface area contributed by atoms with Gasteiger partial charge in [-0.1, -0.05) is 142 Å². The molecule has 2 amide bonds. The van der Waals surface area contributed by atoms with E-state index in [1.54, 1.807) is 38.1 Å². The molecule has 7 aromatic rings. The van der Waals surface area contributed by atoms with E-state index in [0.717, 1.165) is 84.1 Å². The number of nitrogens with zero attached hydrogens (tertiary/aromatic N) is 7.